The molecule has 2 aromatic carbocycles. The predicted molar refractivity (Wildman–Crippen MR) is 105 cm³/mol. The molecule has 1 aliphatic heterocycles. The Bertz CT molecular complexity index is 787. The van der Waals surface area contributed by atoms with Crippen molar-refractivity contribution in [2.75, 3.05) is 11.9 Å². The van der Waals surface area contributed by atoms with Gasteiger partial charge in [-0.3, -0.25) is 4.99 Å². The lowest BCUT2D eigenvalue weighted by atomic mass is 9.80. The fraction of sp³-hybridized carbons (Fsp3) is 0.409. The SMILES string of the molecule is Cc1ccc(C)c(N=Cc2ccc3c(c2)C(C)CC(C)(C)N3C)c1. The van der Waals surface area contributed by atoms with Crippen molar-refractivity contribution in [2.24, 2.45) is 4.99 Å². The van der Waals surface area contributed by atoms with Crippen molar-refractivity contribution in [1.82, 2.24) is 0 Å². The first kappa shape index (κ1) is 16.8. The molecule has 0 N–H and O–H groups in total. The molecule has 0 spiro atoms. The molecule has 1 unspecified atom stereocenters. The standard InChI is InChI=1S/C22H28N2/c1-15-7-8-16(2)20(11-15)23-14-18-9-10-21-19(12-18)17(3)13-22(4,5)24(21)6/h7-12,14,17H,13H2,1-6H3. The molecule has 1 atom stereocenters. The van der Waals surface area contributed by atoms with Crippen molar-refractivity contribution < 1.29 is 0 Å². The Morgan fingerprint density at radius 3 is 2.62 bits per heavy atom. The number of hydrogen-bond acceptors (Lipinski definition) is 2. The van der Waals surface area contributed by atoms with Crippen LogP contribution in [-0.2, 0) is 0 Å². The number of benzene rings is 2. The molecule has 2 heteroatoms. The molecule has 0 amide bonds. The molecule has 24 heavy (non-hydrogen) atoms. The Morgan fingerprint density at radius 1 is 1.12 bits per heavy atom. The lowest BCUT2D eigenvalue weighted by molar-refractivity contribution is 0.395. The Kier molecular flexibility index (Phi) is 4.25. The first-order chi connectivity index (χ1) is 11.3. The van der Waals surface area contributed by atoms with Crippen molar-refractivity contribution in [3.05, 3.63) is 58.7 Å². The minimum absolute atomic E-state index is 0.209. The smallest absolute Gasteiger partial charge is 0.0661 e. The monoisotopic (exact) mass is 320 g/mol. The van der Waals surface area contributed by atoms with Gasteiger partial charge in [-0.2, -0.15) is 0 Å². The van der Waals surface area contributed by atoms with Crippen LogP contribution in [0.3, 0.4) is 0 Å². The van der Waals surface area contributed by atoms with E-state index in [9.17, 15) is 0 Å². The highest BCUT2D eigenvalue weighted by Gasteiger charge is 2.33. The first-order valence-electron chi connectivity index (χ1n) is 8.77. The second kappa shape index (κ2) is 6.08. The lowest BCUT2D eigenvalue weighted by Gasteiger charge is -2.45. The van der Waals surface area contributed by atoms with Crippen LogP contribution < -0.4 is 4.90 Å². The molecule has 2 nitrogen and oxygen atoms in total. The third-order valence-electron chi connectivity index (χ3n) is 5.37. The molecule has 1 heterocycles. The Hall–Kier alpha value is -2.09. The van der Waals surface area contributed by atoms with Gasteiger partial charge in [0.2, 0.25) is 0 Å². The third-order valence-corrected chi connectivity index (χ3v) is 5.37. The lowest BCUT2D eigenvalue weighted by Crippen LogP contribution is -2.45. The van der Waals surface area contributed by atoms with Gasteiger partial charge in [-0.25, -0.2) is 0 Å². The number of fused-ring (bicyclic) bond motifs is 1. The van der Waals surface area contributed by atoms with E-state index >= 15 is 0 Å². The van der Waals surface area contributed by atoms with Gasteiger partial charge in [-0.05, 0) is 80.5 Å². The zero-order valence-electron chi connectivity index (χ0n) is 15.7. The number of aryl methyl sites for hydroxylation is 2. The van der Waals surface area contributed by atoms with Gasteiger partial charge < -0.3 is 4.90 Å². The fourth-order valence-corrected chi connectivity index (χ4v) is 3.68. The topological polar surface area (TPSA) is 15.6 Å². The summed E-state index contributed by atoms with van der Waals surface area (Å²) in [5.74, 6) is 0.570. The van der Waals surface area contributed by atoms with E-state index < -0.39 is 0 Å². The molecule has 0 radical (unpaired) electrons. The molecular formula is C22H28N2. The quantitative estimate of drug-likeness (QED) is 0.641. The van der Waals surface area contributed by atoms with Crippen LogP contribution in [0.4, 0.5) is 11.4 Å². The number of hydrogen-bond donors (Lipinski definition) is 0. The molecule has 1 aliphatic rings. The largest absolute Gasteiger partial charge is 0.369 e. The van der Waals surface area contributed by atoms with Crippen molar-refractivity contribution >= 4 is 17.6 Å². The van der Waals surface area contributed by atoms with Gasteiger partial charge in [-0.1, -0.05) is 25.1 Å². The zero-order valence-corrected chi connectivity index (χ0v) is 15.7. The molecule has 0 saturated carbocycles. The summed E-state index contributed by atoms with van der Waals surface area (Å²) >= 11 is 0. The second-order valence-corrected chi connectivity index (χ2v) is 7.84. The zero-order chi connectivity index (χ0) is 17.5. The van der Waals surface area contributed by atoms with E-state index in [4.69, 9.17) is 4.99 Å². The normalized spacial score (nSPS) is 19.6. The number of nitrogens with zero attached hydrogens (tertiary/aromatic N) is 2. The second-order valence-electron chi connectivity index (χ2n) is 7.84. The van der Waals surface area contributed by atoms with E-state index in [1.54, 1.807) is 0 Å². The molecule has 0 saturated heterocycles. The van der Waals surface area contributed by atoms with Gasteiger partial charge in [0, 0.05) is 24.5 Å². The van der Waals surface area contributed by atoms with E-state index in [0.717, 1.165) is 5.69 Å². The molecule has 126 valence electrons. The maximum atomic E-state index is 4.72. The van der Waals surface area contributed by atoms with Crippen LogP contribution in [0.25, 0.3) is 0 Å². The van der Waals surface area contributed by atoms with E-state index in [2.05, 4.69) is 83.0 Å². The first-order valence-corrected chi connectivity index (χ1v) is 8.77. The summed E-state index contributed by atoms with van der Waals surface area (Å²) in [6.45, 7) is 11.2. The van der Waals surface area contributed by atoms with Crippen LogP contribution in [0.5, 0.6) is 0 Å². The summed E-state index contributed by atoms with van der Waals surface area (Å²) in [5, 5.41) is 0. The van der Waals surface area contributed by atoms with Crippen LogP contribution in [0.15, 0.2) is 41.4 Å². The van der Waals surface area contributed by atoms with Gasteiger partial charge in [0.05, 0.1) is 5.69 Å². The summed E-state index contributed by atoms with van der Waals surface area (Å²) in [6.07, 6.45) is 3.17. The highest BCUT2D eigenvalue weighted by Crippen LogP contribution is 2.42. The highest BCUT2D eigenvalue weighted by atomic mass is 15.2. The minimum Gasteiger partial charge on any atom is -0.369 e. The molecule has 0 aliphatic carbocycles. The van der Waals surface area contributed by atoms with Crippen molar-refractivity contribution in [3.8, 4) is 0 Å². The summed E-state index contributed by atoms with van der Waals surface area (Å²) in [4.78, 5) is 7.13. The Labute approximate surface area is 146 Å². The van der Waals surface area contributed by atoms with Crippen molar-refractivity contribution in [3.63, 3.8) is 0 Å². The Morgan fingerprint density at radius 2 is 1.88 bits per heavy atom. The van der Waals surface area contributed by atoms with Crippen LogP contribution in [0, 0.1) is 13.8 Å². The summed E-state index contributed by atoms with van der Waals surface area (Å²) in [7, 11) is 2.20. The third kappa shape index (κ3) is 3.10. The summed E-state index contributed by atoms with van der Waals surface area (Å²) < 4.78 is 0. The number of anilines is 1. The van der Waals surface area contributed by atoms with Gasteiger partial charge >= 0.3 is 0 Å². The van der Waals surface area contributed by atoms with Gasteiger partial charge in [-0.15, -0.1) is 0 Å². The van der Waals surface area contributed by atoms with E-state index in [1.807, 2.05) is 6.21 Å². The average Bonchev–Trinajstić information content (AvgIpc) is 2.53. The average molecular weight is 320 g/mol. The van der Waals surface area contributed by atoms with Crippen molar-refractivity contribution in [2.45, 2.75) is 52.5 Å². The number of rotatable bonds is 2. The molecule has 2 aromatic rings. The van der Waals surface area contributed by atoms with Gasteiger partial charge in [0.1, 0.15) is 0 Å². The summed E-state index contributed by atoms with van der Waals surface area (Å²) in [5.41, 5.74) is 7.68. The molecule has 0 bridgehead atoms. The van der Waals surface area contributed by atoms with E-state index in [-0.39, 0.29) is 5.54 Å². The molecule has 0 aromatic heterocycles. The van der Waals surface area contributed by atoms with E-state index in [0.29, 0.717) is 5.92 Å². The fourth-order valence-electron chi connectivity index (χ4n) is 3.68. The maximum absolute atomic E-state index is 4.72. The molecule has 0 fully saturated rings. The van der Waals surface area contributed by atoms with E-state index in [1.165, 1.54) is 34.4 Å². The summed E-state index contributed by atoms with van der Waals surface area (Å²) in [6, 6.07) is 13.1. The maximum Gasteiger partial charge on any atom is 0.0661 e. The van der Waals surface area contributed by atoms with Crippen LogP contribution in [-0.4, -0.2) is 18.8 Å². The minimum atomic E-state index is 0.209. The molecular weight excluding hydrogens is 292 g/mol. The Balaban J connectivity index is 1.93. The van der Waals surface area contributed by atoms with Crippen LogP contribution >= 0.6 is 0 Å². The van der Waals surface area contributed by atoms with Crippen molar-refractivity contribution in [1.29, 1.82) is 0 Å². The van der Waals surface area contributed by atoms with Gasteiger partial charge in [0.15, 0.2) is 0 Å². The van der Waals surface area contributed by atoms with Crippen LogP contribution in [0.2, 0.25) is 0 Å². The van der Waals surface area contributed by atoms with Crippen LogP contribution in [0.1, 0.15) is 55.4 Å². The number of aliphatic imine (C=N–C) groups is 1. The predicted octanol–water partition coefficient (Wildman–Crippen LogP) is 5.78. The molecule has 3 rings (SSSR count). The van der Waals surface area contributed by atoms with Gasteiger partial charge in [0.25, 0.3) is 0 Å². The highest BCUT2D eigenvalue weighted by molar-refractivity contribution is 5.84.